The number of nitrogens with zero attached hydrogens (tertiary/aromatic N) is 1. The molecule has 2 rings (SSSR count). The number of rotatable bonds is 4. The van der Waals surface area contributed by atoms with Gasteiger partial charge in [0.25, 0.3) is 0 Å². The summed E-state index contributed by atoms with van der Waals surface area (Å²) >= 11 is 12.5. The molecule has 1 fully saturated rings. The summed E-state index contributed by atoms with van der Waals surface area (Å²) in [6.45, 7) is 8.33. The summed E-state index contributed by atoms with van der Waals surface area (Å²) in [7, 11) is 0. The lowest BCUT2D eigenvalue weighted by Gasteiger charge is -2.44. The predicted octanol–water partition coefficient (Wildman–Crippen LogP) is 4.74. The Labute approximate surface area is 136 Å². The average Bonchev–Trinajstić information content (AvgIpc) is 2.45. The first kappa shape index (κ1) is 16.9. The molecule has 0 saturated carbocycles. The molecule has 1 aliphatic heterocycles. The van der Waals surface area contributed by atoms with E-state index in [1.54, 1.807) is 0 Å². The van der Waals surface area contributed by atoms with Crippen LogP contribution in [0.25, 0.3) is 0 Å². The summed E-state index contributed by atoms with van der Waals surface area (Å²) in [5.41, 5.74) is 0.765. The zero-order valence-corrected chi connectivity index (χ0v) is 14.3. The van der Waals surface area contributed by atoms with Gasteiger partial charge in [-0.25, -0.2) is 4.39 Å². The summed E-state index contributed by atoms with van der Waals surface area (Å²) in [6.07, 6.45) is 2.11. The van der Waals surface area contributed by atoms with E-state index in [4.69, 9.17) is 23.2 Å². The van der Waals surface area contributed by atoms with Crippen LogP contribution in [0.4, 0.5) is 10.1 Å². The van der Waals surface area contributed by atoms with Gasteiger partial charge in [0, 0.05) is 25.2 Å². The van der Waals surface area contributed by atoms with Crippen LogP contribution in [0.1, 0.15) is 33.6 Å². The fourth-order valence-corrected chi connectivity index (χ4v) is 3.61. The van der Waals surface area contributed by atoms with Gasteiger partial charge in [0.05, 0.1) is 15.7 Å². The van der Waals surface area contributed by atoms with E-state index in [1.807, 2.05) is 0 Å². The molecule has 5 heteroatoms. The van der Waals surface area contributed by atoms with Crippen molar-refractivity contribution in [1.82, 2.24) is 5.32 Å². The van der Waals surface area contributed by atoms with Crippen LogP contribution in [-0.2, 0) is 0 Å². The first-order valence-electron chi connectivity index (χ1n) is 7.62. The molecule has 2 nitrogen and oxygen atoms in total. The van der Waals surface area contributed by atoms with Gasteiger partial charge in [-0.3, -0.25) is 0 Å². The van der Waals surface area contributed by atoms with E-state index in [-0.39, 0.29) is 0 Å². The third-order valence-corrected chi connectivity index (χ3v) is 5.10. The summed E-state index contributed by atoms with van der Waals surface area (Å²) in [6, 6.07) is 3.41. The fraction of sp³-hybridized carbons (Fsp3) is 0.625. The third kappa shape index (κ3) is 3.64. The number of benzene rings is 1. The summed E-state index contributed by atoms with van der Waals surface area (Å²) < 4.78 is 13.4. The van der Waals surface area contributed by atoms with Crippen molar-refractivity contribution >= 4 is 28.9 Å². The SMILES string of the molecule is CCC(C)C1CN(c2c(Cl)cc(F)cc2Cl)C(CC)CN1. The van der Waals surface area contributed by atoms with Crippen LogP contribution >= 0.6 is 23.2 Å². The Morgan fingerprint density at radius 3 is 2.48 bits per heavy atom. The predicted molar refractivity (Wildman–Crippen MR) is 89.1 cm³/mol. The molecule has 3 unspecified atom stereocenters. The summed E-state index contributed by atoms with van der Waals surface area (Å²) in [5, 5.41) is 4.40. The van der Waals surface area contributed by atoms with E-state index in [1.165, 1.54) is 12.1 Å². The zero-order chi connectivity index (χ0) is 15.6. The van der Waals surface area contributed by atoms with E-state index < -0.39 is 5.82 Å². The number of hydrogen-bond donors (Lipinski definition) is 1. The van der Waals surface area contributed by atoms with Gasteiger partial charge in [0.2, 0.25) is 0 Å². The van der Waals surface area contributed by atoms with Gasteiger partial charge in [-0.15, -0.1) is 0 Å². The lowest BCUT2D eigenvalue weighted by atomic mass is 9.94. The molecule has 0 aliphatic carbocycles. The Kier molecular flexibility index (Phi) is 5.75. The van der Waals surface area contributed by atoms with E-state index >= 15 is 0 Å². The molecule has 1 heterocycles. The largest absolute Gasteiger partial charge is 0.363 e. The monoisotopic (exact) mass is 332 g/mol. The Bertz CT molecular complexity index is 472. The van der Waals surface area contributed by atoms with Crippen molar-refractivity contribution in [1.29, 1.82) is 0 Å². The van der Waals surface area contributed by atoms with Crippen molar-refractivity contribution in [3.05, 3.63) is 28.0 Å². The van der Waals surface area contributed by atoms with Crippen molar-refractivity contribution in [2.24, 2.45) is 5.92 Å². The third-order valence-electron chi connectivity index (χ3n) is 4.52. The molecule has 1 saturated heterocycles. The Hall–Kier alpha value is -0.510. The van der Waals surface area contributed by atoms with Crippen LogP contribution in [-0.4, -0.2) is 25.2 Å². The lowest BCUT2D eigenvalue weighted by molar-refractivity contribution is 0.306. The number of halogens is 3. The minimum Gasteiger partial charge on any atom is -0.363 e. The Balaban J connectivity index is 2.33. The topological polar surface area (TPSA) is 15.3 Å². The second-order valence-electron chi connectivity index (χ2n) is 5.83. The van der Waals surface area contributed by atoms with Gasteiger partial charge in [0.15, 0.2) is 0 Å². The number of nitrogens with one attached hydrogen (secondary N) is 1. The maximum absolute atomic E-state index is 13.4. The maximum Gasteiger partial charge on any atom is 0.126 e. The van der Waals surface area contributed by atoms with Crippen molar-refractivity contribution in [2.45, 2.75) is 45.7 Å². The average molecular weight is 333 g/mol. The Morgan fingerprint density at radius 1 is 1.33 bits per heavy atom. The molecule has 0 bridgehead atoms. The molecule has 0 aromatic heterocycles. The molecule has 0 spiro atoms. The summed E-state index contributed by atoms with van der Waals surface area (Å²) in [5.74, 6) is 0.179. The standard InChI is InChI=1S/C16H23Cl2FN2/c1-4-10(3)15-9-21(12(5-2)8-20-15)16-13(17)6-11(19)7-14(16)18/h6-7,10,12,15,20H,4-5,8-9H2,1-3H3. The molecule has 1 N–H and O–H groups in total. The van der Waals surface area contributed by atoms with E-state index in [0.717, 1.165) is 31.6 Å². The van der Waals surface area contributed by atoms with Crippen LogP contribution in [0.2, 0.25) is 10.0 Å². The van der Waals surface area contributed by atoms with E-state index in [2.05, 4.69) is 31.0 Å². The molecule has 0 amide bonds. The van der Waals surface area contributed by atoms with Crippen molar-refractivity contribution in [3.8, 4) is 0 Å². The van der Waals surface area contributed by atoms with Gasteiger partial charge in [-0.05, 0) is 24.5 Å². The van der Waals surface area contributed by atoms with Gasteiger partial charge in [-0.2, -0.15) is 0 Å². The molecule has 118 valence electrons. The molecule has 21 heavy (non-hydrogen) atoms. The number of piperazine rings is 1. The van der Waals surface area contributed by atoms with E-state index in [0.29, 0.717) is 28.0 Å². The highest BCUT2D eigenvalue weighted by Gasteiger charge is 2.31. The normalized spacial score (nSPS) is 24.2. The van der Waals surface area contributed by atoms with Crippen molar-refractivity contribution in [3.63, 3.8) is 0 Å². The minimum atomic E-state index is -0.393. The molecule has 0 radical (unpaired) electrons. The van der Waals surface area contributed by atoms with Crippen molar-refractivity contribution < 1.29 is 4.39 Å². The minimum absolute atomic E-state index is 0.325. The van der Waals surface area contributed by atoms with Gasteiger partial charge in [-0.1, -0.05) is 50.4 Å². The smallest absolute Gasteiger partial charge is 0.126 e. The first-order valence-corrected chi connectivity index (χ1v) is 8.38. The highest BCUT2D eigenvalue weighted by atomic mass is 35.5. The van der Waals surface area contributed by atoms with Crippen molar-refractivity contribution in [2.75, 3.05) is 18.0 Å². The van der Waals surface area contributed by atoms with Gasteiger partial charge in [0.1, 0.15) is 5.82 Å². The lowest BCUT2D eigenvalue weighted by Crippen LogP contribution is -2.58. The highest BCUT2D eigenvalue weighted by molar-refractivity contribution is 6.39. The van der Waals surface area contributed by atoms with Crippen LogP contribution in [0.15, 0.2) is 12.1 Å². The molecule has 1 aromatic carbocycles. The second kappa shape index (κ2) is 7.17. The van der Waals surface area contributed by atoms with Crippen LogP contribution < -0.4 is 10.2 Å². The molecule has 1 aromatic rings. The van der Waals surface area contributed by atoms with Crippen LogP contribution in [0, 0.1) is 11.7 Å². The quantitative estimate of drug-likeness (QED) is 0.856. The van der Waals surface area contributed by atoms with Gasteiger partial charge < -0.3 is 10.2 Å². The number of anilines is 1. The molecular formula is C16H23Cl2FN2. The highest BCUT2D eigenvalue weighted by Crippen LogP contribution is 2.37. The molecular weight excluding hydrogens is 310 g/mol. The molecule has 1 aliphatic rings. The van der Waals surface area contributed by atoms with Gasteiger partial charge >= 0.3 is 0 Å². The first-order chi connectivity index (χ1) is 9.97. The Morgan fingerprint density at radius 2 is 1.95 bits per heavy atom. The summed E-state index contributed by atoms with van der Waals surface area (Å²) in [4.78, 5) is 2.25. The zero-order valence-electron chi connectivity index (χ0n) is 12.8. The van der Waals surface area contributed by atoms with Crippen LogP contribution in [0.3, 0.4) is 0 Å². The molecule has 3 atom stereocenters. The van der Waals surface area contributed by atoms with E-state index in [9.17, 15) is 4.39 Å². The van der Waals surface area contributed by atoms with Crippen LogP contribution in [0.5, 0.6) is 0 Å². The maximum atomic E-state index is 13.4. The second-order valence-corrected chi connectivity index (χ2v) is 6.65. The fourth-order valence-electron chi connectivity index (χ4n) is 2.94. The number of hydrogen-bond acceptors (Lipinski definition) is 2.